The first kappa shape index (κ1) is 18.2. The molecule has 0 saturated carbocycles. The van der Waals surface area contributed by atoms with Gasteiger partial charge >= 0.3 is 6.03 Å². The predicted octanol–water partition coefficient (Wildman–Crippen LogP) is 2.33. The Kier molecular flexibility index (Phi) is 6.11. The van der Waals surface area contributed by atoms with Gasteiger partial charge < -0.3 is 15.1 Å². The van der Waals surface area contributed by atoms with E-state index in [0.717, 1.165) is 12.5 Å². The molecule has 0 unspecified atom stereocenters. The monoisotopic (exact) mass is 339 g/mol. The molecule has 1 heterocycles. The normalized spacial score (nSPS) is 16.5. The van der Waals surface area contributed by atoms with Crippen LogP contribution in [0, 0.1) is 11.6 Å². The Hall–Kier alpha value is -2.18. The van der Waals surface area contributed by atoms with Crippen LogP contribution in [0.1, 0.15) is 31.7 Å². The van der Waals surface area contributed by atoms with E-state index in [1.807, 2.05) is 0 Å². The van der Waals surface area contributed by atoms with Crippen LogP contribution in [0.5, 0.6) is 0 Å². The van der Waals surface area contributed by atoms with E-state index < -0.39 is 11.6 Å². The van der Waals surface area contributed by atoms with Crippen molar-refractivity contribution in [1.29, 1.82) is 0 Å². The van der Waals surface area contributed by atoms with E-state index in [0.29, 0.717) is 31.7 Å². The van der Waals surface area contributed by atoms with Gasteiger partial charge in [0.2, 0.25) is 5.91 Å². The van der Waals surface area contributed by atoms with Crippen molar-refractivity contribution in [2.24, 2.45) is 0 Å². The van der Waals surface area contributed by atoms with Gasteiger partial charge in [-0.2, -0.15) is 0 Å². The molecule has 0 spiro atoms. The van der Waals surface area contributed by atoms with Gasteiger partial charge in [-0.25, -0.2) is 13.6 Å². The summed E-state index contributed by atoms with van der Waals surface area (Å²) < 4.78 is 26.7. The van der Waals surface area contributed by atoms with Crippen LogP contribution < -0.4 is 5.32 Å². The van der Waals surface area contributed by atoms with E-state index in [-0.39, 0.29) is 24.4 Å². The molecule has 3 amide bonds. The van der Waals surface area contributed by atoms with Gasteiger partial charge in [0.1, 0.15) is 11.6 Å². The van der Waals surface area contributed by atoms with Gasteiger partial charge in [0.05, 0.1) is 0 Å². The first-order chi connectivity index (χ1) is 11.4. The summed E-state index contributed by atoms with van der Waals surface area (Å²) in [7, 11) is 0. The van der Waals surface area contributed by atoms with E-state index in [1.165, 1.54) is 19.1 Å². The standard InChI is InChI=1S/C17H23F2N3O2/c1-12(15-5-4-14(18)10-16(15)19)11-20-17(24)22-7-3-6-21(8-9-22)13(2)23/h4-5,10,12H,3,6-9,11H2,1-2H3,(H,20,24)/t12-/m1/s1. The summed E-state index contributed by atoms with van der Waals surface area (Å²) >= 11 is 0. The lowest BCUT2D eigenvalue weighted by atomic mass is 10.0. The fraction of sp³-hybridized carbons (Fsp3) is 0.529. The second-order valence-corrected chi connectivity index (χ2v) is 6.10. The molecule has 24 heavy (non-hydrogen) atoms. The fourth-order valence-corrected chi connectivity index (χ4v) is 2.80. The molecular weight excluding hydrogens is 316 g/mol. The SMILES string of the molecule is CC(=O)N1CCCN(C(=O)NC[C@@H](C)c2ccc(F)cc2F)CC1. The molecule has 1 saturated heterocycles. The van der Waals surface area contributed by atoms with E-state index in [4.69, 9.17) is 0 Å². The van der Waals surface area contributed by atoms with Gasteiger partial charge in [0.15, 0.2) is 0 Å². The minimum Gasteiger partial charge on any atom is -0.341 e. The Balaban J connectivity index is 1.87. The van der Waals surface area contributed by atoms with Crippen molar-refractivity contribution >= 4 is 11.9 Å². The van der Waals surface area contributed by atoms with Crippen molar-refractivity contribution in [3.63, 3.8) is 0 Å². The first-order valence-corrected chi connectivity index (χ1v) is 8.11. The second-order valence-electron chi connectivity index (χ2n) is 6.10. The van der Waals surface area contributed by atoms with Gasteiger partial charge in [-0.15, -0.1) is 0 Å². The quantitative estimate of drug-likeness (QED) is 0.919. The summed E-state index contributed by atoms with van der Waals surface area (Å²) in [6.07, 6.45) is 0.731. The number of carbonyl (C=O) groups excluding carboxylic acids is 2. The predicted molar refractivity (Wildman–Crippen MR) is 86.6 cm³/mol. The minimum atomic E-state index is -0.618. The largest absolute Gasteiger partial charge is 0.341 e. The van der Waals surface area contributed by atoms with E-state index in [2.05, 4.69) is 5.32 Å². The fourth-order valence-electron chi connectivity index (χ4n) is 2.80. The summed E-state index contributed by atoms with van der Waals surface area (Å²) in [5.41, 5.74) is 0.371. The Morgan fingerprint density at radius 1 is 1.17 bits per heavy atom. The molecule has 0 bridgehead atoms. The Morgan fingerprint density at radius 3 is 2.50 bits per heavy atom. The van der Waals surface area contributed by atoms with Crippen molar-refractivity contribution in [2.45, 2.75) is 26.2 Å². The van der Waals surface area contributed by atoms with Crippen molar-refractivity contribution in [2.75, 3.05) is 32.7 Å². The lowest BCUT2D eigenvalue weighted by molar-refractivity contribution is -0.128. The van der Waals surface area contributed by atoms with E-state index in [9.17, 15) is 18.4 Å². The summed E-state index contributed by atoms with van der Waals surface area (Å²) in [5.74, 6) is -1.48. The smallest absolute Gasteiger partial charge is 0.317 e. The highest BCUT2D eigenvalue weighted by atomic mass is 19.1. The van der Waals surface area contributed by atoms with Crippen LogP contribution >= 0.6 is 0 Å². The molecule has 132 valence electrons. The number of urea groups is 1. The van der Waals surface area contributed by atoms with E-state index >= 15 is 0 Å². The molecule has 7 heteroatoms. The third kappa shape index (κ3) is 4.66. The highest BCUT2D eigenvalue weighted by Gasteiger charge is 2.21. The number of nitrogens with one attached hydrogen (secondary N) is 1. The second kappa shape index (κ2) is 8.08. The molecular formula is C17H23F2N3O2. The van der Waals surface area contributed by atoms with Gasteiger partial charge in [-0.05, 0) is 18.1 Å². The lowest BCUT2D eigenvalue weighted by Gasteiger charge is -2.23. The van der Waals surface area contributed by atoms with Crippen molar-refractivity contribution in [1.82, 2.24) is 15.1 Å². The Morgan fingerprint density at radius 2 is 1.83 bits per heavy atom. The number of amides is 3. The number of rotatable bonds is 3. The van der Waals surface area contributed by atoms with Crippen LogP contribution in [-0.4, -0.2) is 54.5 Å². The lowest BCUT2D eigenvalue weighted by Crippen LogP contribution is -2.43. The molecule has 1 aliphatic heterocycles. The van der Waals surface area contributed by atoms with Crippen LogP contribution in [0.15, 0.2) is 18.2 Å². The molecule has 1 N–H and O–H groups in total. The average Bonchev–Trinajstić information content (AvgIpc) is 2.78. The zero-order valence-electron chi connectivity index (χ0n) is 14.0. The van der Waals surface area contributed by atoms with Gasteiger partial charge in [0.25, 0.3) is 0 Å². The van der Waals surface area contributed by atoms with E-state index in [1.54, 1.807) is 16.7 Å². The van der Waals surface area contributed by atoms with Gasteiger partial charge in [-0.1, -0.05) is 13.0 Å². The number of nitrogens with zero attached hydrogens (tertiary/aromatic N) is 2. The maximum atomic E-state index is 13.8. The maximum absolute atomic E-state index is 13.8. The molecule has 1 aliphatic rings. The van der Waals surface area contributed by atoms with Crippen LogP contribution in [0.4, 0.5) is 13.6 Å². The molecule has 1 fully saturated rings. The molecule has 1 aromatic rings. The summed E-state index contributed by atoms with van der Waals surface area (Å²) in [6, 6.07) is 3.23. The molecule has 2 rings (SSSR count). The zero-order chi connectivity index (χ0) is 17.7. The molecule has 0 aliphatic carbocycles. The zero-order valence-corrected chi connectivity index (χ0v) is 14.0. The minimum absolute atomic E-state index is 0.0117. The van der Waals surface area contributed by atoms with Gasteiger partial charge in [0, 0.05) is 51.6 Å². The van der Waals surface area contributed by atoms with Crippen molar-refractivity contribution in [3.8, 4) is 0 Å². The maximum Gasteiger partial charge on any atom is 0.317 e. The third-order valence-corrected chi connectivity index (χ3v) is 4.28. The van der Waals surface area contributed by atoms with Crippen LogP contribution in [-0.2, 0) is 4.79 Å². The highest BCUT2D eigenvalue weighted by molar-refractivity contribution is 5.75. The molecule has 1 atom stereocenters. The Bertz CT molecular complexity index is 609. The number of hydrogen-bond donors (Lipinski definition) is 1. The molecule has 0 radical (unpaired) electrons. The molecule has 0 aromatic heterocycles. The number of hydrogen-bond acceptors (Lipinski definition) is 2. The van der Waals surface area contributed by atoms with Crippen LogP contribution in [0.2, 0.25) is 0 Å². The summed E-state index contributed by atoms with van der Waals surface area (Å²) in [5, 5.41) is 2.79. The van der Waals surface area contributed by atoms with Crippen molar-refractivity contribution < 1.29 is 18.4 Å². The van der Waals surface area contributed by atoms with Crippen LogP contribution in [0.3, 0.4) is 0 Å². The first-order valence-electron chi connectivity index (χ1n) is 8.11. The van der Waals surface area contributed by atoms with Gasteiger partial charge in [-0.3, -0.25) is 4.79 Å². The summed E-state index contributed by atoms with van der Waals surface area (Å²) in [4.78, 5) is 27.0. The topological polar surface area (TPSA) is 52.7 Å². The molecule has 1 aromatic carbocycles. The third-order valence-electron chi connectivity index (χ3n) is 4.28. The average molecular weight is 339 g/mol. The van der Waals surface area contributed by atoms with Crippen LogP contribution in [0.25, 0.3) is 0 Å². The Labute approximate surface area is 140 Å². The van der Waals surface area contributed by atoms with Crippen molar-refractivity contribution in [3.05, 3.63) is 35.4 Å². The number of benzene rings is 1. The highest BCUT2D eigenvalue weighted by Crippen LogP contribution is 2.19. The molecule has 5 nitrogen and oxygen atoms in total. The number of carbonyl (C=O) groups is 2. The summed E-state index contributed by atoms with van der Waals surface area (Å²) in [6.45, 7) is 5.78. The number of halogens is 2.